The largest absolute Gasteiger partial charge is 0.493 e. The molecule has 8 nitrogen and oxygen atoms in total. The highest BCUT2D eigenvalue weighted by atomic mass is 16.5. The van der Waals surface area contributed by atoms with Crippen LogP contribution >= 0.6 is 0 Å². The van der Waals surface area contributed by atoms with Gasteiger partial charge in [0.1, 0.15) is 0 Å². The summed E-state index contributed by atoms with van der Waals surface area (Å²) in [6.45, 7) is 3.22. The van der Waals surface area contributed by atoms with E-state index < -0.39 is 5.92 Å². The van der Waals surface area contributed by atoms with Crippen molar-refractivity contribution in [3.05, 3.63) is 42.0 Å². The summed E-state index contributed by atoms with van der Waals surface area (Å²) in [5.74, 6) is 1.84. The van der Waals surface area contributed by atoms with Crippen molar-refractivity contribution in [2.24, 2.45) is 5.92 Å². The van der Waals surface area contributed by atoms with Gasteiger partial charge >= 0.3 is 0 Å². The van der Waals surface area contributed by atoms with Crippen LogP contribution in [0.3, 0.4) is 0 Å². The Morgan fingerprint density at radius 3 is 2.12 bits per heavy atom. The van der Waals surface area contributed by atoms with Gasteiger partial charge in [-0.15, -0.1) is 0 Å². The van der Waals surface area contributed by atoms with Gasteiger partial charge in [-0.1, -0.05) is 6.07 Å². The van der Waals surface area contributed by atoms with Crippen molar-refractivity contribution in [3.8, 4) is 23.0 Å². The molecule has 172 valence electrons. The van der Waals surface area contributed by atoms with Crippen molar-refractivity contribution in [1.82, 2.24) is 4.90 Å². The Labute approximate surface area is 188 Å². The monoisotopic (exact) mass is 442 g/mol. The Hall–Kier alpha value is -3.42. The molecule has 0 spiro atoms. The standard InChI is InChI=1S/C24H30N2O6/c1-6-25(14-16-7-9-19(29-2)21(11-16)31-4)24(28)17-12-23(27)26(15-17)18-8-10-20(30-3)22(13-18)32-5/h7-11,13,17H,6,12,14-15H2,1-5H3. The van der Waals surface area contributed by atoms with Crippen molar-refractivity contribution in [2.45, 2.75) is 19.9 Å². The summed E-state index contributed by atoms with van der Waals surface area (Å²) >= 11 is 0. The molecule has 1 aliphatic heterocycles. The van der Waals surface area contributed by atoms with E-state index in [1.165, 1.54) is 0 Å². The number of carbonyl (C=O) groups is 2. The quantitative estimate of drug-likeness (QED) is 0.594. The van der Waals surface area contributed by atoms with Crippen LogP contribution in [0.15, 0.2) is 36.4 Å². The molecule has 2 aromatic carbocycles. The summed E-state index contributed by atoms with van der Waals surface area (Å²) in [5, 5.41) is 0. The van der Waals surface area contributed by atoms with Crippen molar-refractivity contribution < 1.29 is 28.5 Å². The highest BCUT2D eigenvalue weighted by Crippen LogP contribution is 2.34. The third-order valence-electron chi connectivity index (χ3n) is 5.67. The zero-order valence-corrected chi connectivity index (χ0v) is 19.2. The Morgan fingerprint density at radius 2 is 1.53 bits per heavy atom. The average Bonchev–Trinajstić information content (AvgIpc) is 3.22. The maximum Gasteiger partial charge on any atom is 0.228 e. The third-order valence-corrected chi connectivity index (χ3v) is 5.67. The SMILES string of the molecule is CCN(Cc1ccc(OC)c(OC)c1)C(=O)C1CC(=O)N(c2ccc(OC)c(OC)c2)C1. The molecular weight excluding hydrogens is 412 g/mol. The highest BCUT2D eigenvalue weighted by Gasteiger charge is 2.37. The molecule has 3 rings (SSSR count). The maximum atomic E-state index is 13.3. The number of ether oxygens (including phenoxy) is 4. The van der Waals surface area contributed by atoms with Gasteiger partial charge < -0.3 is 28.7 Å². The first-order chi connectivity index (χ1) is 15.4. The fraction of sp³-hybridized carbons (Fsp3) is 0.417. The van der Waals surface area contributed by atoms with Crippen LogP contribution in [-0.4, -0.2) is 58.2 Å². The van der Waals surface area contributed by atoms with Crippen LogP contribution in [0.1, 0.15) is 18.9 Å². The predicted octanol–water partition coefficient (Wildman–Crippen LogP) is 3.12. The van der Waals surface area contributed by atoms with Crippen molar-refractivity contribution >= 4 is 17.5 Å². The molecule has 1 aliphatic rings. The summed E-state index contributed by atoms with van der Waals surface area (Å²) in [4.78, 5) is 29.4. The summed E-state index contributed by atoms with van der Waals surface area (Å²) in [7, 11) is 6.27. The van der Waals surface area contributed by atoms with Crippen molar-refractivity contribution in [3.63, 3.8) is 0 Å². The maximum absolute atomic E-state index is 13.3. The minimum absolute atomic E-state index is 0.0430. The average molecular weight is 443 g/mol. The Kier molecular flexibility index (Phi) is 7.45. The van der Waals surface area contributed by atoms with E-state index in [9.17, 15) is 9.59 Å². The normalized spacial score (nSPS) is 15.5. The fourth-order valence-electron chi connectivity index (χ4n) is 3.92. The van der Waals surface area contributed by atoms with Crippen LogP contribution in [-0.2, 0) is 16.1 Å². The number of rotatable bonds is 9. The fourth-order valence-corrected chi connectivity index (χ4v) is 3.92. The summed E-state index contributed by atoms with van der Waals surface area (Å²) in [6, 6.07) is 10.9. The number of carbonyl (C=O) groups excluding carboxylic acids is 2. The van der Waals surface area contributed by atoms with Crippen LogP contribution in [0, 0.1) is 5.92 Å². The van der Waals surface area contributed by atoms with Crippen LogP contribution in [0.2, 0.25) is 0 Å². The molecule has 0 radical (unpaired) electrons. The zero-order chi connectivity index (χ0) is 23.3. The van der Waals surface area contributed by atoms with Crippen LogP contribution in [0.5, 0.6) is 23.0 Å². The van der Waals surface area contributed by atoms with Crippen LogP contribution in [0.25, 0.3) is 0 Å². The van der Waals surface area contributed by atoms with E-state index in [4.69, 9.17) is 18.9 Å². The lowest BCUT2D eigenvalue weighted by molar-refractivity contribution is -0.136. The summed E-state index contributed by atoms with van der Waals surface area (Å²) in [6.07, 6.45) is 0.176. The predicted molar refractivity (Wildman–Crippen MR) is 121 cm³/mol. The molecule has 1 saturated heterocycles. The van der Waals surface area contributed by atoms with Gasteiger partial charge in [0.05, 0.1) is 34.4 Å². The van der Waals surface area contributed by atoms with E-state index in [-0.39, 0.29) is 18.2 Å². The molecule has 0 saturated carbocycles. The first-order valence-corrected chi connectivity index (χ1v) is 10.5. The lowest BCUT2D eigenvalue weighted by Crippen LogP contribution is -2.37. The minimum Gasteiger partial charge on any atom is -0.493 e. The van der Waals surface area contributed by atoms with Gasteiger partial charge in [0.25, 0.3) is 0 Å². The molecule has 2 amide bonds. The number of benzene rings is 2. The molecule has 0 N–H and O–H groups in total. The van der Waals surface area contributed by atoms with E-state index >= 15 is 0 Å². The van der Waals surface area contributed by atoms with Crippen molar-refractivity contribution in [1.29, 1.82) is 0 Å². The molecule has 1 atom stereocenters. The number of hydrogen-bond donors (Lipinski definition) is 0. The van der Waals surface area contributed by atoms with Crippen LogP contribution < -0.4 is 23.8 Å². The molecule has 1 heterocycles. The molecule has 1 unspecified atom stereocenters. The number of methoxy groups -OCH3 is 4. The second-order valence-corrected chi connectivity index (χ2v) is 7.49. The minimum atomic E-state index is -0.407. The lowest BCUT2D eigenvalue weighted by atomic mass is 10.1. The summed E-state index contributed by atoms with van der Waals surface area (Å²) in [5.41, 5.74) is 1.62. The molecule has 8 heteroatoms. The number of amides is 2. The topological polar surface area (TPSA) is 77.5 Å². The second kappa shape index (κ2) is 10.3. The Balaban J connectivity index is 1.74. The molecule has 32 heavy (non-hydrogen) atoms. The van der Waals surface area contributed by atoms with Gasteiger partial charge in [-0.25, -0.2) is 0 Å². The first-order valence-electron chi connectivity index (χ1n) is 10.5. The molecular formula is C24H30N2O6. The van der Waals surface area contributed by atoms with E-state index in [2.05, 4.69) is 0 Å². The zero-order valence-electron chi connectivity index (χ0n) is 19.2. The molecule has 1 fully saturated rings. The first kappa shape index (κ1) is 23.2. The number of anilines is 1. The number of hydrogen-bond acceptors (Lipinski definition) is 6. The van der Waals surface area contributed by atoms with Crippen LogP contribution in [0.4, 0.5) is 5.69 Å². The van der Waals surface area contributed by atoms with E-state index in [1.807, 2.05) is 25.1 Å². The van der Waals surface area contributed by atoms with E-state index in [1.54, 1.807) is 56.4 Å². The smallest absolute Gasteiger partial charge is 0.228 e. The summed E-state index contributed by atoms with van der Waals surface area (Å²) < 4.78 is 21.3. The molecule has 0 aliphatic carbocycles. The van der Waals surface area contributed by atoms with Crippen molar-refractivity contribution in [2.75, 3.05) is 46.4 Å². The number of nitrogens with zero attached hydrogens (tertiary/aromatic N) is 2. The van der Waals surface area contributed by atoms with Gasteiger partial charge in [0, 0.05) is 37.8 Å². The van der Waals surface area contributed by atoms with Gasteiger partial charge in [-0.05, 0) is 36.8 Å². The molecule has 2 aromatic rings. The Morgan fingerprint density at radius 1 is 0.938 bits per heavy atom. The van der Waals surface area contributed by atoms with Gasteiger partial charge in [-0.3, -0.25) is 9.59 Å². The van der Waals surface area contributed by atoms with Gasteiger partial charge in [0.2, 0.25) is 11.8 Å². The molecule has 0 bridgehead atoms. The lowest BCUT2D eigenvalue weighted by Gasteiger charge is -2.25. The van der Waals surface area contributed by atoms with E-state index in [0.29, 0.717) is 48.3 Å². The molecule has 0 aromatic heterocycles. The van der Waals surface area contributed by atoms with E-state index in [0.717, 1.165) is 5.56 Å². The Bertz CT molecular complexity index is 977. The second-order valence-electron chi connectivity index (χ2n) is 7.49. The van der Waals surface area contributed by atoms with Gasteiger partial charge in [0.15, 0.2) is 23.0 Å². The highest BCUT2D eigenvalue weighted by molar-refractivity contribution is 6.00. The van der Waals surface area contributed by atoms with Gasteiger partial charge in [-0.2, -0.15) is 0 Å². The third kappa shape index (κ3) is 4.74.